The largest absolute Gasteiger partial charge is 0.480 e. The van der Waals surface area contributed by atoms with Crippen LogP contribution in [0, 0.1) is 0 Å². The number of benzene rings is 1. The Hall–Kier alpha value is -2.83. The van der Waals surface area contributed by atoms with Crippen molar-refractivity contribution in [1.82, 2.24) is 15.6 Å². The maximum absolute atomic E-state index is 12.1. The van der Waals surface area contributed by atoms with Crippen molar-refractivity contribution in [3.05, 3.63) is 36.0 Å². The van der Waals surface area contributed by atoms with Crippen LogP contribution in [0.5, 0.6) is 0 Å². The molecule has 2 aromatic rings. The first-order valence-corrected chi connectivity index (χ1v) is 7.40. The molecule has 7 heteroatoms. The molecule has 0 radical (unpaired) electrons. The summed E-state index contributed by atoms with van der Waals surface area (Å²) in [6, 6.07) is 9.16. The van der Waals surface area contributed by atoms with Crippen LogP contribution in [0.25, 0.3) is 10.9 Å². The van der Waals surface area contributed by atoms with E-state index in [0.717, 1.165) is 17.3 Å². The molecule has 1 heterocycles. The van der Waals surface area contributed by atoms with Gasteiger partial charge in [-0.05, 0) is 31.4 Å². The number of para-hydroxylation sites is 1. The third-order valence-corrected chi connectivity index (χ3v) is 4.18. The third kappa shape index (κ3) is 2.90. The smallest absolute Gasteiger partial charge is 0.329 e. The van der Waals surface area contributed by atoms with Crippen molar-refractivity contribution >= 4 is 28.7 Å². The molecule has 1 aromatic carbocycles. The van der Waals surface area contributed by atoms with Crippen LogP contribution in [0.3, 0.4) is 0 Å². The van der Waals surface area contributed by atoms with Crippen molar-refractivity contribution in [1.29, 1.82) is 0 Å². The fourth-order valence-corrected chi connectivity index (χ4v) is 2.69. The van der Waals surface area contributed by atoms with Crippen LogP contribution in [0.1, 0.15) is 29.8 Å². The number of fused-ring (bicyclic) bond motifs is 1. The second-order valence-corrected chi connectivity index (χ2v) is 5.74. The quantitative estimate of drug-likeness (QED) is 0.660. The van der Waals surface area contributed by atoms with Crippen molar-refractivity contribution in [3.63, 3.8) is 0 Å². The van der Waals surface area contributed by atoms with Crippen LogP contribution in [0.4, 0.5) is 0 Å². The number of carboxylic acid groups (broad SMARTS) is 1. The zero-order chi connectivity index (χ0) is 16.4. The lowest BCUT2D eigenvalue weighted by atomic mass is 9.77. The Balaban J connectivity index is 1.58. The Kier molecular flexibility index (Phi) is 3.77. The Morgan fingerprint density at radius 1 is 1.22 bits per heavy atom. The van der Waals surface area contributed by atoms with E-state index in [1.165, 1.54) is 0 Å². The van der Waals surface area contributed by atoms with E-state index in [-0.39, 0.29) is 6.54 Å². The Labute approximate surface area is 132 Å². The number of aromatic amines is 1. The van der Waals surface area contributed by atoms with Crippen molar-refractivity contribution in [3.8, 4) is 0 Å². The van der Waals surface area contributed by atoms with Crippen LogP contribution in [-0.4, -0.2) is 40.0 Å². The maximum atomic E-state index is 12.1. The average molecular weight is 315 g/mol. The van der Waals surface area contributed by atoms with Crippen LogP contribution in [-0.2, 0) is 9.59 Å². The predicted octanol–water partition coefficient (Wildman–Crippen LogP) is 1.02. The van der Waals surface area contributed by atoms with Gasteiger partial charge in [-0.15, -0.1) is 0 Å². The molecule has 0 saturated heterocycles. The highest BCUT2D eigenvalue weighted by Crippen LogP contribution is 2.31. The number of carbonyl (C=O) groups is 3. The standard InChI is InChI=1S/C16H17N3O4/c20-13(19-16(15(22)23)6-3-7-16)9-17-14(21)12-8-10-4-1-2-5-11(10)18-12/h1-2,4-5,8,18H,3,6-7,9H2,(H,17,21)(H,19,20)(H,22,23). The fourth-order valence-electron chi connectivity index (χ4n) is 2.69. The molecule has 1 aliphatic carbocycles. The highest BCUT2D eigenvalue weighted by molar-refractivity contribution is 5.99. The molecule has 1 aromatic heterocycles. The van der Waals surface area contributed by atoms with Crippen molar-refractivity contribution in [2.45, 2.75) is 24.8 Å². The molecule has 4 N–H and O–H groups in total. The SMILES string of the molecule is O=C(CNC(=O)c1cc2ccccc2[nH]1)NC1(C(=O)O)CCC1. The van der Waals surface area contributed by atoms with Gasteiger partial charge in [0.1, 0.15) is 11.2 Å². The first-order valence-electron chi connectivity index (χ1n) is 7.40. The summed E-state index contributed by atoms with van der Waals surface area (Å²) >= 11 is 0. The van der Waals surface area contributed by atoms with Crippen molar-refractivity contribution < 1.29 is 19.5 Å². The maximum Gasteiger partial charge on any atom is 0.329 e. The normalized spacial score (nSPS) is 15.7. The highest BCUT2D eigenvalue weighted by atomic mass is 16.4. The third-order valence-electron chi connectivity index (χ3n) is 4.18. The van der Waals surface area contributed by atoms with E-state index < -0.39 is 23.3 Å². The molecule has 3 rings (SSSR count). The van der Waals surface area contributed by atoms with Gasteiger partial charge < -0.3 is 20.7 Å². The van der Waals surface area contributed by atoms with Gasteiger partial charge in [-0.1, -0.05) is 18.2 Å². The van der Waals surface area contributed by atoms with E-state index >= 15 is 0 Å². The molecule has 2 amide bonds. The number of aromatic nitrogens is 1. The molecule has 23 heavy (non-hydrogen) atoms. The summed E-state index contributed by atoms with van der Waals surface area (Å²) in [5, 5.41) is 15.1. The Morgan fingerprint density at radius 3 is 2.57 bits per heavy atom. The highest BCUT2D eigenvalue weighted by Gasteiger charge is 2.45. The van der Waals surface area contributed by atoms with Gasteiger partial charge in [-0.25, -0.2) is 4.79 Å². The number of H-pyrrole nitrogens is 1. The molecule has 1 aliphatic rings. The second-order valence-electron chi connectivity index (χ2n) is 5.74. The number of hydrogen-bond acceptors (Lipinski definition) is 3. The summed E-state index contributed by atoms with van der Waals surface area (Å²) < 4.78 is 0. The summed E-state index contributed by atoms with van der Waals surface area (Å²) in [4.78, 5) is 38.1. The minimum atomic E-state index is -1.16. The van der Waals surface area contributed by atoms with Gasteiger partial charge in [0.25, 0.3) is 5.91 Å². The summed E-state index contributed by atoms with van der Waals surface area (Å²) in [7, 11) is 0. The number of carboxylic acids is 1. The molecule has 7 nitrogen and oxygen atoms in total. The van der Waals surface area contributed by atoms with Gasteiger partial charge in [-0.2, -0.15) is 0 Å². The molecule has 0 unspecified atom stereocenters. The average Bonchev–Trinajstić information content (AvgIpc) is 2.92. The van der Waals surface area contributed by atoms with Crippen molar-refractivity contribution in [2.24, 2.45) is 0 Å². The lowest BCUT2D eigenvalue weighted by molar-refractivity contribution is -0.151. The van der Waals surface area contributed by atoms with Crippen LogP contribution in [0.15, 0.2) is 30.3 Å². The minimum Gasteiger partial charge on any atom is -0.480 e. The molecule has 0 atom stereocenters. The van der Waals surface area contributed by atoms with Crippen LogP contribution >= 0.6 is 0 Å². The van der Waals surface area contributed by atoms with Crippen molar-refractivity contribution in [2.75, 3.05) is 6.54 Å². The first kappa shape index (κ1) is 15.1. The summed E-state index contributed by atoms with van der Waals surface area (Å²) in [6.45, 7) is -0.261. The molecule has 0 aliphatic heterocycles. The lowest BCUT2D eigenvalue weighted by Crippen LogP contribution is -2.60. The first-order chi connectivity index (χ1) is 11.0. The number of hydrogen-bond donors (Lipinski definition) is 4. The predicted molar refractivity (Wildman–Crippen MR) is 83.0 cm³/mol. The van der Waals surface area contributed by atoms with Gasteiger partial charge in [-0.3, -0.25) is 9.59 Å². The molecule has 120 valence electrons. The second kappa shape index (κ2) is 5.75. The number of rotatable bonds is 5. The molecule has 1 fully saturated rings. The van der Waals surface area contributed by atoms with E-state index in [0.29, 0.717) is 18.5 Å². The number of carbonyl (C=O) groups excluding carboxylic acids is 2. The zero-order valence-electron chi connectivity index (χ0n) is 12.4. The number of amides is 2. The fraction of sp³-hybridized carbons (Fsp3) is 0.312. The van der Waals surface area contributed by atoms with Crippen LogP contribution < -0.4 is 10.6 Å². The van der Waals surface area contributed by atoms with E-state index in [1.54, 1.807) is 6.07 Å². The molecular formula is C16H17N3O4. The number of nitrogens with one attached hydrogen (secondary N) is 3. The van der Waals surface area contributed by atoms with E-state index in [4.69, 9.17) is 5.11 Å². The van der Waals surface area contributed by atoms with Gasteiger partial charge in [0.05, 0.1) is 6.54 Å². The topological polar surface area (TPSA) is 111 Å². The summed E-state index contributed by atoms with van der Waals surface area (Å²) in [6.07, 6.45) is 1.61. The van der Waals surface area contributed by atoms with Gasteiger partial charge in [0, 0.05) is 10.9 Å². The number of aliphatic carboxylic acids is 1. The van der Waals surface area contributed by atoms with E-state index in [2.05, 4.69) is 15.6 Å². The van der Waals surface area contributed by atoms with Gasteiger partial charge in [0.15, 0.2) is 0 Å². The summed E-state index contributed by atoms with van der Waals surface area (Å²) in [5.41, 5.74) is 0.0279. The van der Waals surface area contributed by atoms with Gasteiger partial charge >= 0.3 is 5.97 Å². The molecule has 1 saturated carbocycles. The van der Waals surface area contributed by atoms with E-state index in [9.17, 15) is 14.4 Å². The molecule has 0 spiro atoms. The molecular weight excluding hydrogens is 298 g/mol. The zero-order valence-corrected chi connectivity index (χ0v) is 12.4. The summed E-state index contributed by atoms with van der Waals surface area (Å²) in [5.74, 6) is -1.94. The van der Waals surface area contributed by atoms with Crippen LogP contribution in [0.2, 0.25) is 0 Å². The minimum absolute atomic E-state index is 0.261. The molecule has 0 bridgehead atoms. The van der Waals surface area contributed by atoms with Gasteiger partial charge in [0.2, 0.25) is 5.91 Å². The monoisotopic (exact) mass is 315 g/mol. The lowest BCUT2D eigenvalue weighted by Gasteiger charge is -2.38. The van der Waals surface area contributed by atoms with E-state index in [1.807, 2.05) is 24.3 Å². The Morgan fingerprint density at radius 2 is 1.96 bits per heavy atom. The Bertz CT molecular complexity index is 743.